The summed E-state index contributed by atoms with van der Waals surface area (Å²) in [5, 5.41) is 2.71. The summed E-state index contributed by atoms with van der Waals surface area (Å²) in [6.07, 6.45) is 1.55. The number of nitrogens with zero attached hydrogens (tertiary/aromatic N) is 1. The Bertz CT molecular complexity index is 685. The van der Waals surface area contributed by atoms with Crippen molar-refractivity contribution < 1.29 is 9.18 Å². The molecule has 1 fully saturated rings. The molecule has 0 bridgehead atoms. The summed E-state index contributed by atoms with van der Waals surface area (Å²) in [6.45, 7) is 1.68. The Hall–Kier alpha value is -1.88. The zero-order valence-electron chi connectivity index (χ0n) is 12.6. The molecule has 3 rings (SSSR count). The maximum absolute atomic E-state index is 13.8. The van der Waals surface area contributed by atoms with Crippen LogP contribution in [0.2, 0.25) is 0 Å². The standard InChI is InChI=1S/C18H18BrFN2O/c19-14-6-7-17(16(20)12-14)21-18(23)13-8-10-22(11-9-13)15-4-2-1-3-5-15/h1-7,12-13H,8-11H2,(H,21,23). The van der Waals surface area contributed by atoms with Crippen LogP contribution in [0.25, 0.3) is 0 Å². The van der Waals surface area contributed by atoms with Gasteiger partial charge in [0.2, 0.25) is 5.91 Å². The maximum atomic E-state index is 13.8. The van der Waals surface area contributed by atoms with Crippen molar-refractivity contribution in [1.29, 1.82) is 0 Å². The lowest BCUT2D eigenvalue weighted by molar-refractivity contribution is -0.120. The number of rotatable bonds is 3. The highest BCUT2D eigenvalue weighted by Gasteiger charge is 2.25. The normalized spacial score (nSPS) is 15.5. The lowest BCUT2D eigenvalue weighted by Crippen LogP contribution is -2.38. The van der Waals surface area contributed by atoms with Crippen molar-refractivity contribution in [1.82, 2.24) is 0 Å². The van der Waals surface area contributed by atoms with E-state index in [4.69, 9.17) is 0 Å². The van der Waals surface area contributed by atoms with Crippen LogP contribution in [-0.2, 0) is 4.79 Å². The molecule has 1 amide bonds. The Morgan fingerprint density at radius 1 is 1.13 bits per heavy atom. The number of para-hydroxylation sites is 1. The van der Waals surface area contributed by atoms with E-state index in [9.17, 15) is 9.18 Å². The van der Waals surface area contributed by atoms with E-state index in [0.717, 1.165) is 25.9 Å². The first kappa shape index (κ1) is 16.0. The third-order valence-corrected chi connectivity index (χ3v) is 4.67. The summed E-state index contributed by atoms with van der Waals surface area (Å²) < 4.78 is 14.5. The predicted molar refractivity (Wildman–Crippen MR) is 94.1 cm³/mol. The summed E-state index contributed by atoms with van der Waals surface area (Å²) in [5.74, 6) is -0.591. The van der Waals surface area contributed by atoms with Crippen molar-refractivity contribution in [2.45, 2.75) is 12.8 Å². The molecule has 5 heteroatoms. The molecule has 0 saturated carbocycles. The van der Waals surface area contributed by atoms with Crippen LogP contribution in [0, 0.1) is 11.7 Å². The van der Waals surface area contributed by atoms with Gasteiger partial charge in [-0.2, -0.15) is 0 Å². The third-order valence-electron chi connectivity index (χ3n) is 4.18. The molecular weight excluding hydrogens is 359 g/mol. The minimum absolute atomic E-state index is 0.0713. The predicted octanol–water partition coefficient (Wildman–Crippen LogP) is 4.44. The summed E-state index contributed by atoms with van der Waals surface area (Å²) in [5.41, 5.74) is 1.43. The van der Waals surface area contributed by atoms with Crippen molar-refractivity contribution in [3.63, 3.8) is 0 Å². The molecule has 1 N–H and O–H groups in total. The van der Waals surface area contributed by atoms with Crippen LogP contribution in [0.1, 0.15) is 12.8 Å². The number of carbonyl (C=O) groups is 1. The van der Waals surface area contributed by atoms with E-state index in [1.165, 1.54) is 11.8 Å². The summed E-state index contributed by atoms with van der Waals surface area (Å²) >= 11 is 3.21. The zero-order valence-corrected chi connectivity index (χ0v) is 14.2. The molecule has 1 heterocycles. The van der Waals surface area contributed by atoms with Gasteiger partial charge in [0, 0.05) is 29.2 Å². The van der Waals surface area contributed by atoms with E-state index in [2.05, 4.69) is 38.3 Å². The SMILES string of the molecule is O=C(Nc1ccc(Br)cc1F)C1CCN(c2ccccc2)CC1. The molecule has 120 valence electrons. The molecule has 1 aliphatic heterocycles. The molecule has 2 aromatic rings. The van der Waals surface area contributed by atoms with Crippen LogP contribution >= 0.6 is 15.9 Å². The fourth-order valence-corrected chi connectivity index (χ4v) is 3.20. The fraction of sp³-hybridized carbons (Fsp3) is 0.278. The minimum atomic E-state index is -0.422. The number of amides is 1. The quantitative estimate of drug-likeness (QED) is 0.858. The van der Waals surface area contributed by atoms with Gasteiger partial charge in [-0.15, -0.1) is 0 Å². The average molecular weight is 377 g/mol. The number of anilines is 2. The topological polar surface area (TPSA) is 32.3 Å². The minimum Gasteiger partial charge on any atom is -0.371 e. The molecule has 0 aromatic heterocycles. The third kappa shape index (κ3) is 3.91. The van der Waals surface area contributed by atoms with E-state index < -0.39 is 5.82 Å². The van der Waals surface area contributed by atoms with Gasteiger partial charge in [0.15, 0.2) is 0 Å². The number of halogens is 2. The molecule has 0 spiro atoms. The average Bonchev–Trinajstić information content (AvgIpc) is 2.58. The van der Waals surface area contributed by atoms with Gasteiger partial charge < -0.3 is 10.2 Å². The number of carbonyl (C=O) groups excluding carboxylic acids is 1. The monoisotopic (exact) mass is 376 g/mol. The Kier molecular flexibility index (Phi) is 4.96. The first-order valence-corrected chi connectivity index (χ1v) is 8.49. The Labute approximate surface area is 143 Å². The molecule has 3 nitrogen and oxygen atoms in total. The molecular formula is C18H18BrFN2O. The highest BCUT2D eigenvalue weighted by atomic mass is 79.9. The van der Waals surface area contributed by atoms with Crippen LogP contribution in [-0.4, -0.2) is 19.0 Å². The second-order valence-electron chi connectivity index (χ2n) is 5.71. The summed E-state index contributed by atoms with van der Waals surface area (Å²) in [4.78, 5) is 14.6. The number of nitrogens with one attached hydrogen (secondary N) is 1. The molecule has 0 unspecified atom stereocenters. The van der Waals surface area contributed by atoms with Gasteiger partial charge in [-0.3, -0.25) is 4.79 Å². The molecule has 1 saturated heterocycles. The first-order chi connectivity index (χ1) is 11.1. The first-order valence-electron chi connectivity index (χ1n) is 7.69. The van der Waals surface area contributed by atoms with Crippen molar-refractivity contribution in [3.8, 4) is 0 Å². The Balaban J connectivity index is 1.58. The van der Waals surface area contributed by atoms with Crippen LogP contribution in [0.5, 0.6) is 0 Å². The highest BCUT2D eigenvalue weighted by Crippen LogP contribution is 2.25. The van der Waals surface area contributed by atoms with E-state index in [1.54, 1.807) is 12.1 Å². The molecule has 23 heavy (non-hydrogen) atoms. The zero-order chi connectivity index (χ0) is 16.2. The Morgan fingerprint density at radius 3 is 2.48 bits per heavy atom. The van der Waals surface area contributed by atoms with Crippen LogP contribution in [0.15, 0.2) is 53.0 Å². The number of benzene rings is 2. The molecule has 1 aliphatic rings. The number of hydrogen-bond acceptors (Lipinski definition) is 2. The van der Waals surface area contributed by atoms with Crippen molar-refractivity contribution >= 4 is 33.2 Å². The molecule has 0 aliphatic carbocycles. The lowest BCUT2D eigenvalue weighted by Gasteiger charge is -2.33. The van der Waals surface area contributed by atoms with Gasteiger partial charge in [0.05, 0.1) is 5.69 Å². The molecule has 0 atom stereocenters. The number of hydrogen-bond donors (Lipinski definition) is 1. The van der Waals surface area contributed by atoms with Crippen molar-refractivity contribution in [2.24, 2.45) is 5.92 Å². The number of piperidine rings is 1. The van der Waals surface area contributed by atoms with E-state index in [1.807, 2.05) is 18.2 Å². The van der Waals surface area contributed by atoms with Crippen LogP contribution in [0.4, 0.5) is 15.8 Å². The molecule has 0 radical (unpaired) electrons. The van der Waals surface area contributed by atoms with Crippen molar-refractivity contribution in [2.75, 3.05) is 23.3 Å². The van der Waals surface area contributed by atoms with E-state index >= 15 is 0 Å². The van der Waals surface area contributed by atoms with Crippen LogP contribution < -0.4 is 10.2 Å². The highest BCUT2D eigenvalue weighted by molar-refractivity contribution is 9.10. The van der Waals surface area contributed by atoms with Gasteiger partial charge in [0.1, 0.15) is 5.82 Å². The van der Waals surface area contributed by atoms with E-state index in [0.29, 0.717) is 4.47 Å². The van der Waals surface area contributed by atoms with Gasteiger partial charge in [-0.1, -0.05) is 34.1 Å². The van der Waals surface area contributed by atoms with Crippen LogP contribution in [0.3, 0.4) is 0 Å². The summed E-state index contributed by atoms with van der Waals surface area (Å²) in [7, 11) is 0. The lowest BCUT2D eigenvalue weighted by atomic mass is 9.95. The summed E-state index contributed by atoms with van der Waals surface area (Å²) in [6, 6.07) is 14.8. The fourth-order valence-electron chi connectivity index (χ4n) is 2.86. The maximum Gasteiger partial charge on any atom is 0.227 e. The van der Waals surface area contributed by atoms with E-state index in [-0.39, 0.29) is 17.5 Å². The largest absolute Gasteiger partial charge is 0.371 e. The van der Waals surface area contributed by atoms with Crippen molar-refractivity contribution in [3.05, 3.63) is 58.8 Å². The van der Waals surface area contributed by atoms with Gasteiger partial charge in [-0.05, 0) is 43.2 Å². The Morgan fingerprint density at radius 2 is 1.83 bits per heavy atom. The smallest absolute Gasteiger partial charge is 0.227 e. The van der Waals surface area contributed by atoms with Gasteiger partial charge in [-0.25, -0.2) is 4.39 Å². The second kappa shape index (κ2) is 7.13. The van der Waals surface area contributed by atoms with Gasteiger partial charge >= 0.3 is 0 Å². The molecule has 2 aromatic carbocycles. The second-order valence-corrected chi connectivity index (χ2v) is 6.63. The van der Waals surface area contributed by atoms with Gasteiger partial charge in [0.25, 0.3) is 0 Å².